The number of carbonyl (C=O) groups excluding carboxylic acids is 1. The van der Waals surface area contributed by atoms with Gasteiger partial charge in [0.15, 0.2) is 11.9 Å². The molecule has 0 aliphatic rings. The lowest BCUT2D eigenvalue weighted by Gasteiger charge is -2.15. The maximum absolute atomic E-state index is 12.0. The van der Waals surface area contributed by atoms with Gasteiger partial charge in [-0.3, -0.25) is 14.9 Å². The van der Waals surface area contributed by atoms with E-state index >= 15 is 0 Å². The van der Waals surface area contributed by atoms with Crippen molar-refractivity contribution >= 4 is 11.6 Å². The van der Waals surface area contributed by atoms with Crippen LogP contribution in [0, 0.1) is 17.0 Å². The lowest BCUT2D eigenvalue weighted by Crippen LogP contribution is -2.41. The monoisotopic (exact) mass is 306 g/mol. The van der Waals surface area contributed by atoms with Gasteiger partial charge in [-0.15, -0.1) is 0 Å². The summed E-state index contributed by atoms with van der Waals surface area (Å²) < 4.78 is 41.0. The number of hydrogen-bond donors (Lipinski definition) is 1. The number of rotatable bonds is 5. The first-order valence-electron chi connectivity index (χ1n) is 5.86. The number of halogens is 3. The van der Waals surface area contributed by atoms with E-state index in [-0.39, 0.29) is 11.4 Å². The molecule has 9 heteroatoms. The van der Waals surface area contributed by atoms with Crippen molar-refractivity contribution in [2.24, 2.45) is 0 Å². The molecule has 21 heavy (non-hydrogen) atoms. The summed E-state index contributed by atoms with van der Waals surface area (Å²) in [4.78, 5) is 21.6. The van der Waals surface area contributed by atoms with Gasteiger partial charge >= 0.3 is 11.9 Å². The Morgan fingerprint density at radius 3 is 2.62 bits per heavy atom. The molecule has 0 aliphatic carbocycles. The molecule has 0 saturated carbocycles. The molecule has 1 atom stereocenters. The Hall–Kier alpha value is -2.32. The molecule has 0 fully saturated rings. The van der Waals surface area contributed by atoms with Crippen LogP contribution in [0.2, 0.25) is 0 Å². The van der Waals surface area contributed by atoms with Crippen LogP contribution >= 0.6 is 0 Å². The van der Waals surface area contributed by atoms with Gasteiger partial charge < -0.3 is 10.1 Å². The maximum Gasteiger partial charge on any atom is 0.405 e. The first-order valence-corrected chi connectivity index (χ1v) is 5.86. The fourth-order valence-electron chi connectivity index (χ4n) is 1.44. The van der Waals surface area contributed by atoms with Crippen LogP contribution in [0.4, 0.5) is 18.9 Å². The molecular formula is C12H13F3N2O4. The number of amides is 1. The Labute approximate surface area is 118 Å². The second-order valence-electron chi connectivity index (χ2n) is 4.32. The minimum Gasteiger partial charge on any atom is -0.474 e. The molecule has 0 heterocycles. The van der Waals surface area contributed by atoms with Crippen molar-refractivity contribution in [3.05, 3.63) is 33.9 Å². The fraction of sp³-hybridized carbons (Fsp3) is 0.417. The van der Waals surface area contributed by atoms with Gasteiger partial charge in [0.2, 0.25) is 0 Å². The minimum atomic E-state index is -4.54. The van der Waals surface area contributed by atoms with Gasteiger partial charge in [0, 0.05) is 6.07 Å². The Kier molecular flexibility index (Phi) is 5.12. The van der Waals surface area contributed by atoms with Crippen molar-refractivity contribution in [2.45, 2.75) is 26.1 Å². The van der Waals surface area contributed by atoms with Crippen LogP contribution in [0.1, 0.15) is 12.5 Å². The number of nitro groups is 1. The van der Waals surface area contributed by atoms with E-state index in [9.17, 15) is 28.1 Å². The first-order chi connectivity index (χ1) is 9.60. The van der Waals surface area contributed by atoms with Gasteiger partial charge in [-0.05, 0) is 25.5 Å². The Balaban J connectivity index is 2.77. The average molecular weight is 306 g/mol. The van der Waals surface area contributed by atoms with Crippen LogP contribution in [0.3, 0.4) is 0 Å². The van der Waals surface area contributed by atoms with Crippen molar-refractivity contribution in [1.82, 2.24) is 5.32 Å². The summed E-state index contributed by atoms with van der Waals surface area (Å²) in [7, 11) is 0. The van der Waals surface area contributed by atoms with E-state index in [1.807, 2.05) is 0 Å². The summed E-state index contributed by atoms with van der Waals surface area (Å²) in [6.45, 7) is 1.35. The predicted molar refractivity (Wildman–Crippen MR) is 67.0 cm³/mol. The average Bonchev–Trinajstić information content (AvgIpc) is 2.36. The largest absolute Gasteiger partial charge is 0.474 e. The lowest BCUT2D eigenvalue weighted by molar-refractivity contribution is -0.386. The van der Waals surface area contributed by atoms with Gasteiger partial charge in [-0.2, -0.15) is 13.2 Å². The molecule has 1 rings (SSSR count). The first kappa shape index (κ1) is 16.7. The molecule has 1 unspecified atom stereocenters. The fourth-order valence-corrected chi connectivity index (χ4v) is 1.44. The van der Waals surface area contributed by atoms with Crippen LogP contribution in [0.25, 0.3) is 0 Å². The number of ether oxygens (including phenoxy) is 1. The van der Waals surface area contributed by atoms with Gasteiger partial charge in [0.05, 0.1) is 4.92 Å². The van der Waals surface area contributed by atoms with Crippen molar-refractivity contribution in [1.29, 1.82) is 0 Å². The van der Waals surface area contributed by atoms with Crippen LogP contribution in [0.15, 0.2) is 18.2 Å². The minimum absolute atomic E-state index is 0.180. The highest BCUT2D eigenvalue weighted by molar-refractivity contribution is 5.80. The lowest BCUT2D eigenvalue weighted by atomic mass is 10.2. The Bertz CT molecular complexity index is 546. The zero-order valence-corrected chi connectivity index (χ0v) is 11.2. The number of nitrogens with one attached hydrogen (secondary N) is 1. The molecule has 0 bridgehead atoms. The van der Waals surface area contributed by atoms with E-state index in [1.54, 1.807) is 12.2 Å². The summed E-state index contributed by atoms with van der Waals surface area (Å²) in [5.74, 6) is -1.19. The highest BCUT2D eigenvalue weighted by Gasteiger charge is 2.29. The van der Waals surface area contributed by atoms with E-state index in [2.05, 4.69) is 0 Å². The summed E-state index contributed by atoms with van der Waals surface area (Å²) in [6.07, 6.45) is -5.83. The molecule has 0 spiro atoms. The summed E-state index contributed by atoms with van der Waals surface area (Å²) in [6, 6.07) is 4.07. The van der Waals surface area contributed by atoms with E-state index < -0.39 is 29.7 Å². The molecule has 1 aromatic carbocycles. The van der Waals surface area contributed by atoms with Crippen LogP contribution in [0.5, 0.6) is 5.75 Å². The quantitative estimate of drug-likeness (QED) is 0.669. The van der Waals surface area contributed by atoms with Crippen molar-refractivity contribution in [3.63, 3.8) is 0 Å². The van der Waals surface area contributed by atoms with E-state index in [4.69, 9.17) is 4.74 Å². The third-order valence-electron chi connectivity index (χ3n) is 2.45. The highest BCUT2D eigenvalue weighted by Crippen LogP contribution is 2.28. The number of hydrogen-bond acceptors (Lipinski definition) is 4. The molecule has 0 saturated heterocycles. The van der Waals surface area contributed by atoms with Crippen LogP contribution < -0.4 is 10.1 Å². The standard InChI is InChI=1S/C12H13F3N2O4/c1-7-3-4-10(9(5-7)17(19)20)21-8(2)11(18)16-6-12(13,14)15/h3-5,8H,6H2,1-2H3,(H,16,18). The second kappa shape index (κ2) is 6.42. The number of nitro benzene ring substituents is 1. The Morgan fingerprint density at radius 2 is 2.10 bits per heavy atom. The molecule has 0 radical (unpaired) electrons. The Morgan fingerprint density at radius 1 is 1.48 bits per heavy atom. The number of aryl methyl sites for hydroxylation is 1. The molecular weight excluding hydrogens is 293 g/mol. The predicted octanol–water partition coefficient (Wildman–Crippen LogP) is 2.35. The van der Waals surface area contributed by atoms with Crippen LogP contribution in [-0.4, -0.2) is 29.7 Å². The number of carbonyl (C=O) groups is 1. The molecule has 1 amide bonds. The highest BCUT2D eigenvalue weighted by atomic mass is 19.4. The van der Waals surface area contributed by atoms with Gasteiger partial charge in [0.1, 0.15) is 6.54 Å². The number of benzene rings is 1. The van der Waals surface area contributed by atoms with Crippen molar-refractivity contribution in [3.8, 4) is 5.75 Å². The van der Waals surface area contributed by atoms with E-state index in [0.29, 0.717) is 5.56 Å². The van der Waals surface area contributed by atoms with Crippen molar-refractivity contribution < 1.29 is 27.6 Å². The number of alkyl halides is 3. The zero-order chi connectivity index (χ0) is 16.2. The smallest absolute Gasteiger partial charge is 0.405 e. The molecule has 1 N–H and O–H groups in total. The molecule has 6 nitrogen and oxygen atoms in total. The molecule has 0 aliphatic heterocycles. The van der Waals surface area contributed by atoms with E-state index in [0.717, 1.165) is 0 Å². The second-order valence-corrected chi connectivity index (χ2v) is 4.32. The van der Waals surface area contributed by atoms with Gasteiger partial charge in [0.25, 0.3) is 5.91 Å². The molecule has 0 aromatic heterocycles. The molecule has 1 aromatic rings. The SMILES string of the molecule is Cc1ccc(OC(C)C(=O)NCC(F)(F)F)c([N+](=O)[O-])c1. The summed E-state index contributed by atoms with van der Waals surface area (Å²) >= 11 is 0. The zero-order valence-electron chi connectivity index (χ0n) is 11.2. The van der Waals surface area contributed by atoms with Crippen molar-refractivity contribution in [2.75, 3.05) is 6.54 Å². The number of nitrogens with zero attached hydrogens (tertiary/aromatic N) is 1. The van der Waals surface area contributed by atoms with Gasteiger partial charge in [-0.1, -0.05) is 6.07 Å². The summed E-state index contributed by atoms with van der Waals surface area (Å²) in [5, 5.41) is 12.5. The van der Waals surface area contributed by atoms with Crippen LogP contribution in [-0.2, 0) is 4.79 Å². The van der Waals surface area contributed by atoms with E-state index in [1.165, 1.54) is 25.1 Å². The maximum atomic E-state index is 12.0. The normalized spacial score (nSPS) is 12.6. The topological polar surface area (TPSA) is 81.5 Å². The summed E-state index contributed by atoms with van der Waals surface area (Å²) in [5.41, 5.74) is 0.258. The third-order valence-corrected chi connectivity index (χ3v) is 2.45. The molecule has 116 valence electrons. The third kappa shape index (κ3) is 5.28. The van der Waals surface area contributed by atoms with Gasteiger partial charge in [-0.25, -0.2) is 0 Å².